The number of rotatable bonds is 1. The molecule has 0 radical (unpaired) electrons. The fourth-order valence-corrected chi connectivity index (χ4v) is 1.26. The second-order valence-corrected chi connectivity index (χ2v) is 3.28. The molecular formula is C10H5F3N2O3. The number of carbonyl (C=O) groups excluding carboxylic acids is 1. The molecule has 0 spiro atoms. The summed E-state index contributed by atoms with van der Waals surface area (Å²) in [5.41, 5.74) is -0.306. The Morgan fingerprint density at radius 3 is 2.67 bits per heavy atom. The van der Waals surface area contributed by atoms with Crippen LogP contribution in [0.15, 0.2) is 29.2 Å². The highest BCUT2D eigenvalue weighted by Crippen LogP contribution is 2.19. The van der Waals surface area contributed by atoms with Crippen LogP contribution in [-0.4, -0.2) is 22.1 Å². The lowest BCUT2D eigenvalue weighted by molar-refractivity contribution is -0.189. The number of halogens is 3. The van der Waals surface area contributed by atoms with Crippen molar-refractivity contribution in [2.45, 2.75) is 6.18 Å². The molecule has 1 N–H and O–H groups in total. The number of hydrogen-bond donors (Lipinski definition) is 1. The molecule has 18 heavy (non-hydrogen) atoms. The first kappa shape index (κ1) is 12.1. The normalized spacial score (nSPS) is 11.5. The van der Waals surface area contributed by atoms with Crippen molar-refractivity contribution in [1.82, 2.24) is 9.97 Å². The molecule has 0 bridgehead atoms. The van der Waals surface area contributed by atoms with Crippen molar-refractivity contribution in [2.75, 3.05) is 0 Å². The zero-order valence-corrected chi connectivity index (χ0v) is 8.62. The van der Waals surface area contributed by atoms with Crippen molar-refractivity contribution in [3.05, 3.63) is 34.7 Å². The zero-order valence-electron chi connectivity index (χ0n) is 8.62. The van der Waals surface area contributed by atoms with E-state index in [4.69, 9.17) is 0 Å². The molecule has 0 aromatic carbocycles. The van der Waals surface area contributed by atoms with Gasteiger partial charge in [-0.15, -0.1) is 0 Å². The van der Waals surface area contributed by atoms with Gasteiger partial charge in [-0.2, -0.15) is 13.2 Å². The van der Waals surface area contributed by atoms with E-state index < -0.39 is 23.6 Å². The number of hydrogen-bond acceptors (Lipinski definition) is 4. The molecule has 2 heterocycles. The van der Waals surface area contributed by atoms with Gasteiger partial charge >= 0.3 is 12.1 Å². The number of nitrogens with zero attached hydrogens (tertiary/aromatic N) is 1. The predicted molar refractivity (Wildman–Crippen MR) is 54.1 cm³/mol. The summed E-state index contributed by atoms with van der Waals surface area (Å²) >= 11 is 0. The minimum absolute atomic E-state index is 0.131. The maximum Gasteiger partial charge on any atom is 0.491 e. The number of carbonyl (C=O) groups is 1. The van der Waals surface area contributed by atoms with E-state index in [2.05, 4.69) is 14.7 Å². The summed E-state index contributed by atoms with van der Waals surface area (Å²) in [6.45, 7) is 0. The van der Waals surface area contributed by atoms with Crippen molar-refractivity contribution < 1.29 is 22.7 Å². The maximum atomic E-state index is 12.0. The molecule has 0 unspecified atom stereocenters. The van der Waals surface area contributed by atoms with Gasteiger partial charge in [-0.3, -0.25) is 4.79 Å². The first-order chi connectivity index (χ1) is 8.38. The lowest BCUT2D eigenvalue weighted by atomic mass is 10.3. The van der Waals surface area contributed by atoms with Crippen LogP contribution in [0.25, 0.3) is 10.9 Å². The minimum Gasteiger partial charge on any atom is -0.401 e. The van der Waals surface area contributed by atoms with E-state index in [0.29, 0.717) is 0 Å². The fourth-order valence-electron chi connectivity index (χ4n) is 1.26. The predicted octanol–water partition coefficient (Wildman–Crippen LogP) is 1.39. The Hall–Kier alpha value is -2.38. The van der Waals surface area contributed by atoms with Crippen molar-refractivity contribution >= 4 is 16.9 Å². The minimum atomic E-state index is -5.09. The van der Waals surface area contributed by atoms with Gasteiger partial charge in [0.1, 0.15) is 0 Å². The molecule has 94 valence electrons. The second-order valence-electron chi connectivity index (χ2n) is 3.28. The van der Waals surface area contributed by atoms with Crippen LogP contribution in [0.2, 0.25) is 0 Å². The lowest BCUT2D eigenvalue weighted by Crippen LogP contribution is -2.28. The molecule has 2 rings (SSSR count). The van der Waals surface area contributed by atoms with Gasteiger partial charge in [0.15, 0.2) is 0 Å². The number of H-pyrrole nitrogens is 1. The standard InChI is InChI=1S/C10H5F3N2O3/c11-10(12,13)9(17)18-7-2-1-5-6(15-7)3-4-14-8(5)16/h1-4H,(H,14,16). The molecule has 0 atom stereocenters. The quantitative estimate of drug-likeness (QED) is 0.784. The summed E-state index contributed by atoms with van der Waals surface area (Å²) in [4.78, 5) is 27.9. The SMILES string of the molecule is O=C(Oc1ccc2c(=O)[nH]ccc2n1)C(F)(F)F. The molecule has 0 amide bonds. The molecule has 0 saturated heterocycles. The summed E-state index contributed by atoms with van der Waals surface area (Å²) in [6.07, 6.45) is -3.81. The highest BCUT2D eigenvalue weighted by Gasteiger charge is 2.41. The van der Waals surface area contributed by atoms with E-state index in [1.165, 1.54) is 18.3 Å². The van der Waals surface area contributed by atoms with Crippen LogP contribution < -0.4 is 10.3 Å². The van der Waals surface area contributed by atoms with Gasteiger partial charge in [-0.05, 0) is 12.1 Å². The second kappa shape index (κ2) is 4.13. The Morgan fingerprint density at radius 1 is 1.28 bits per heavy atom. The summed E-state index contributed by atoms with van der Waals surface area (Å²) in [5, 5.41) is 0.185. The molecule has 0 saturated carbocycles. The number of nitrogens with one attached hydrogen (secondary N) is 1. The van der Waals surface area contributed by atoms with Gasteiger partial charge in [0.05, 0.1) is 10.9 Å². The highest BCUT2D eigenvalue weighted by molar-refractivity contribution is 5.80. The number of ether oxygens (including phenoxy) is 1. The van der Waals surface area contributed by atoms with Crippen LogP contribution in [0.4, 0.5) is 13.2 Å². The van der Waals surface area contributed by atoms with Crippen LogP contribution in [0.1, 0.15) is 0 Å². The van der Waals surface area contributed by atoms with E-state index in [0.717, 1.165) is 6.07 Å². The molecule has 2 aromatic heterocycles. The lowest BCUT2D eigenvalue weighted by Gasteiger charge is -2.06. The Labute approximate surface area is 97.2 Å². The fraction of sp³-hybridized carbons (Fsp3) is 0.100. The third-order valence-electron chi connectivity index (χ3n) is 2.03. The smallest absolute Gasteiger partial charge is 0.401 e. The van der Waals surface area contributed by atoms with Crippen LogP contribution in [0.5, 0.6) is 5.88 Å². The molecule has 8 heteroatoms. The summed E-state index contributed by atoms with van der Waals surface area (Å²) in [5.74, 6) is -2.88. The van der Waals surface area contributed by atoms with Crippen molar-refractivity contribution in [3.8, 4) is 5.88 Å². The largest absolute Gasteiger partial charge is 0.491 e. The Balaban J connectivity index is 2.37. The molecule has 2 aromatic rings. The van der Waals surface area contributed by atoms with Crippen molar-refractivity contribution in [2.24, 2.45) is 0 Å². The molecular weight excluding hydrogens is 253 g/mol. The van der Waals surface area contributed by atoms with Crippen LogP contribution in [-0.2, 0) is 4.79 Å². The third-order valence-corrected chi connectivity index (χ3v) is 2.03. The van der Waals surface area contributed by atoms with E-state index >= 15 is 0 Å². The van der Waals surface area contributed by atoms with Crippen LogP contribution >= 0.6 is 0 Å². The van der Waals surface area contributed by atoms with Gasteiger partial charge in [0.2, 0.25) is 5.88 Å². The molecule has 5 nitrogen and oxygen atoms in total. The molecule has 0 aliphatic heterocycles. The average molecular weight is 258 g/mol. The first-order valence-electron chi connectivity index (χ1n) is 4.65. The number of aromatic amines is 1. The zero-order chi connectivity index (χ0) is 13.3. The van der Waals surface area contributed by atoms with Crippen LogP contribution in [0, 0.1) is 0 Å². The number of alkyl halides is 3. The Morgan fingerprint density at radius 2 is 2.00 bits per heavy atom. The van der Waals surface area contributed by atoms with Crippen molar-refractivity contribution in [3.63, 3.8) is 0 Å². The van der Waals surface area contributed by atoms with Gasteiger partial charge in [-0.25, -0.2) is 9.78 Å². The van der Waals surface area contributed by atoms with Crippen LogP contribution in [0.3, 0.4) is 0 Å². The summed E-state index contributed by atoms with van der Waals surface area (Å²) in [6, 6.07) is 3.61. The number of fused-ring (bicyclic) bond motifs is 1. The monoisotopic (exact) mass is 258 g/mol. The summed E-state index contributed by atoms with van der Waals surface area (Å²) < 4.78 is 39.9. The number of aromatic nitrogens is 2. The Bertz CT molecular complexity index is 663. The maximum absolute atomic E-state index is 12.0. The number of pyridine rings is 2. The topological polar surface area (TPSA) is 72.1 Å². The summed E-state index contributed by atoms with van der Waals surface area (Å²) in [7, 11) is 0. The van der Waals surface area contributed by atoms with E-state index in [9.17, 15) is 22.8 Å². The van der Waals surface area contributed by atoms with E-state index in [1.807, 2.05) is 0 Å². The van der Waals surface area contributed by atoms with Gasteiger partial charge in [0.25, 0.3) is 5.56 Å². The average Bonchev–Trinajstić information content (AvgIpc) is 2.28. The van der Waals surface area contributed by atoms with Gasteiger partial charge in [0, 0.05) is 12.3 Å². The Kier molecular flexibility index (Phi) is 2.77. The van der Waals surface area contributed by atoms with E-state index in [-0.39, 0.29) is 10.9 Å². The van der Waals surface area contributed by atoms with E-state index in [1.54, 1.807) is 0 Å². The van der Waals surface area contributed by atoms with Gasteiger partial charge in [-0.1, -0.05) is 0 Å². The number of esters is 1. The molecule has 0 fully saturated rings. The highest BCUT2D eigenvalue weighted by atomic mass is 19.4. The molecule has 0 aliphatic carbocycles. The first-order valence-corrected chi connectivity index (χ1v) is 4.65. The van der Waals surface area contributed by atoms with Gasteiger partial charge < -0.3 is 9.72 Å². The molecule has 0 aliphatic rings. The van der Waals surface area contributed by atoms with Crippen molar-refractivity contribution in [1.29, 1.82) is 0 Å². The third kappa shape index (κ3) is 2.31.